The molecule has 2 aromatic heterocycles. The Morgan fingerprint density at radius 2 is 1.85 bits per heavy atom. The Hall–Kier alpha value is -3.56. The van der Waals surface area contributed by atoms with E-state index in [9.17, 15) is 14.4 Å². The number of nitrogens with one attached hydrogen (secondary N) is 1. The molecule has 218 valence electrons. The molecule has 2 aliphatic heterocycles. The van der Waals surface area contributed by atoms with Crippen LogP contribution in [0.2, 0.25) is 0 Å². The highest BCUT2D eigenvalue weighted by Crippen LogP contribution is 2.36. The molecule has 9 nitrogen and oxygen atoms in total. The van der Waals surface area contributed by atoms with Gasteiger partial charge in [-0.05, 0) is 68.7 Å². The molecule has 2 bridgehead atoms. The number of pyridine rings is 2. The van der Waals surface area contributed by atoms with E-state index in [0.29, 0.717) is 25.2 Å². The number of para-hydroxylation sites is 1. The first-order valence-electron chi connectivity index (χ1n) is 14.6. The second-order valence-corrected chi connectivity index (χ2v) is 11.7. The van der Waals surface area contributed by atoms with Gasteiger partial charge in [-0.3, -0.25) is 24.3 Å². The maximum absolute atomic E-state index is 13.4. The monoisotopic (exact) mass is 559 g/mol. The molecular weight excluding hydrogens is 518 g/mol. The number of hydrogen-bond donors (Lipinski definition) is 1. The fraction of sp³-hybridized carbons (Fsp3) is 0.500. The highest BCUT2D eigenvalue weighted by atomic mass is 16.5. The normalized spacial score (nSPS) is 21.2. The molecule has 0 saturated carbocycles. The number of carbonyl (C=O) groups excluding carboxylic acids is 2. The fourth-order valence-corrected chi connectivity index (χ4v) is 6.62. The van der Waals surface area contributed by atoms with Gasteiger partial charge in [-0.25, -0.2) is 0 Å². The topological polar surface area (TPSA) is 96.8 Å². The lowest BCUT2D eigenvalue weighted by Crippen LogP contribution is -2.54. The van der Waals surface area contributed by atoms with Gasteiger partial charge in [0.1, 0.15) is 5.56 Å². The minimum Gasteiger partial charge on any atom is -0.378 e. The first-order valence-corrected chi connectivity index (χ1v) is 14.6. The van der Waals surface area contributed by atoms with Crippen LogP contribution in [0.4, 0.5) is 0 Å². The predicted octanol–water partition coefficient (Wildman–Crippen LogP) is 3.77. The number of carbonyl (C=O) groups is 2. The van der Waals surface area contributed by atoms with Crippen LogP contribution in [0.15, 0.2) is 59.7 Å². The van der Waals surface area contributed by atoms with Crippen molar-refractivity contribution in [3.8, 4) is 0 Å². The van der Waals surface area contributed by atoms with Crippen LogP contribution in [-0.4, -0.2) is 75.6 Å². The SMILES string of the molecule is COC(CN(Cc1cccnc1)C(C)=O)CN1C2CCC1CC(NC(=O)c1cc3ccccc3n(C(C)C)c1=O)C2. The summed E-state index contributed by atoms with van der Waals surface area (Å²) in [6.07, 6.45) is 7.17. The summed E-state index contributed by atoms with van der Waals surface area (Å²) in [5.41, 5.74) is 1.78. The van der Waals surface area contributed by atoms with Crippen molar-refractivity contribution >= 4 is 22.7 Å². The maximum Gasteiger partial charge on any atom is 0.264 e. The highest BCUT2D eigenvalue weighted by molar-refractivity contribution is 5.97. The van der Waals surface area contributed by atoms with Gasteiger partial charge in [0, 0.05) is 70.2 Å². The molecule has 0 spiro atoms. The minimum absolute atomic E-state index is 0.00511. The van der Waals surface area contributed by atoms with Crippen molar-refractivity contribution in [3.63, 3.8) is 0 Å². The first kappa shape index (κ1) is 29.0. The quantitative estimate of drug-likeness (QED) is 0.406. The summed E-state index contributed by atoms with van der Waals surface area (Å²) in [5, 5.41) is 4.08. The van der Waals surface area contributed by atoms with Crippen LogP contribution in [-0.2, 0) is 16.1 Å². The average molecular weight is 560 g/mol. The summed E-state index contributed by atoms with van der Waals surface area (Å²) in [6, 6.07) is 13.9. The van der Waals surface area contributed by atoms with Crippen LogP contribution in [0.5, 0.6) is 0 Å². The Morgan fingerprint density at radius 1 is 1.12 bits per heavy atom. The zero-order valence-electron chi connectivity index (χ0n) is 24.5. The largest absolute Gasteiger partial charge is 0.378 e. The smallest absolute Gasteiger partial charge is 0.264 e. The van der Waals surface area contributed by atoms with Gasteiger partial charge < -0.3 is 19.5 Å². The molecule has 4 heterocycles. The van der Waals surface area contributed by atoms with Crippen molar-refractivity contribution < 1.29 is 14.3 Å². The van der Waals surface area contributed by atoms with E-state index < -0.39 is 0 Å². The van der Waals surface area contributed by atoms with E-state index in [-0.39, 0.29) is 41.1 Å². The van der Waals surface area contributed by atoms with E-state index in [1.54, 1.807) is 37.1 Å². The third-order valence-electron chi connectivity index (χ3n) is 8.64. The number of methoxy groups -OCH3 is 1. The number of aromatic nitrogens is 2. The van der Waals surface area contributed by atoms with E-state index in [1.165, 1.54) is 0 Å². The van der Waals surface area contributed by atoms with E-state index in [1.807, 2.05) is 55.1 Å². The van der Waals surface area contributed by atoms with E-state index in [0.717, 1.165) is 48.7 Å². The number of nitrogens with zero attached hydrogens (tertiary/aromatic N) is 4. The zero-order valence-corrected chi connectivity index (χ0v) is 24.5. The molecule has 2 saturated heterocycles. The molecule has 2 amide bonds. The number of fused-ring (bicyclic) bond motifs is 3. The van der Waals surface area contributed by atoms with Gasteiger partial charge in [0.05, 0.1) is 11.6 Å². The van der Waals surface area contributed by atoms with E-state index in [4.69, 9.17) is 4.74 Å². The van der Waals surface area contributed by atoms with Crippen LogP contribution >= 0.6 is 0 Å². The number of amides is 2. The molecule has 0 aliphatic carbocycles. The van der Waals surface area contributed by atoms with Crippen molar-refractivity contribution in [1.29, 1.82) is 0 Å². The highest BCUT2D eigenvalue weighted by Gasteiger charge is 2.42. The molecule has 3 atom stereocenters. The molecule has 41 heavy (non-hydrogen) atoms. The standard InChI is InChI=1S/C32H41N5O4/c1-21(2)37-30-10-6-5-9-24(30)14-29(32(37)40)31(39)34-25-15-26-11-12-27(16-25)36(26)20-28(41-4)19-35(22(3)38)18-23-8-7-13-33-17-23/h5-10,13-14,17,21,25-28H,11-12,15-16,18-20H2,1-4H3,(H,34,39). The lowest BCUT2D eigenvalue weighted by molar-refractivity contribution is -0.131. The van der Waals surface area contributed by atoms with Crippen molar-refractivity contribution in [1.82, 2.24) is 24.7 Å². The van der Waals surface area contributed by atoms with Gasteiger partial charge in [-0.15, -0.1) is 0 Å². The number of hydrogen-bond acceptors (Lipinski definition) is 6. The molecule has 5 rings (SSSR count). The molecular formula is C32H41N5O4. The van der Waals surface area contributed by atoms with Crippen molar-refractivity contribution in [2.24, 2.45) is 0 Å². The summed E-state index contributed by atoms with van der Waals surface area (Å²) in [6.45, 7) is 7.24. The molecule has 3 unspecified atom stereocenters. The third kappa shape index (κ3) is 6.36. The molecule has 3 aromatic rings. The Bertz CT molecular complexity index is 1430. The van der Waals surface area contributed by atoms with Gasteiger partial charge in [-0.2, -0.15) is 0 Å². The zero-order chi connectivity index (χ0) is 29.1. The minimum atomic E-state index is -0.296. The fourth-order valence-electron chi connectivity index (χ4n) is 6.62. The Labute approximate surface area is 241 Å². The van der Waals surface area contributed by atoms with Crippen molar-refractivity contribution in [2.45, 2.75) is 83.3 Å². The molecule has 2 aliphatic rings. The summed E-state index contributed by atoms with van der Waals surface area (Å²) < 4.78 is 7.57. The lowest BCUT2D eigenvalue weighted by Gasteiger charge is -2.41. The summed E-state index contributed by atoms with van der Waals surface area (Å²) in [4.78, 5) is 47.7. The molecule has 2 fully saturated rings. The van der Waals surface area contributed by atoms with Crippen LogP contribution in [0, 0.1) is 0 Å². The van der Waals surface area contributed by atoms with Crippen LogP contribution in [0.1, 0.15) is 68.4 Å². The number of benzene rings is 1. The van der Waals surface area contributed by atoms with Crippen molar-refractivity contribution in [2.75, 3.05) is 20.2 Å². The second-order valence-electron chi connectivity index (χ2n) is 11.7. The molecule has 1 aromatic carbocycles. The Kier molecular flexibility index (Phi) is 8.85. The maximum atomic E-state index is 13.4. The van der Waals surface area contributed by atoms with Gasteiger partial charge in [-0.1, -0.05) is 24.3 Å². The molecule has 0 radical (unpaired) electrons. The second kappa shape index (κ2) is 12.5. The Balaban J connectivity index is 1.24. The summed E-state index contributed by atoms with van der Waals surface area (Å²) in [5.74, 6) is -0.291. The van der Waals surface area contributed by atoms with Gasteiger partial charge in [0.2, 0.25) is 5.91 Å². The van der Waals surface area contributed by atoms with Crippen LogP contribution < -0.4 is 10.9 Å². The first-order chi connectivity index (χ1) is 19.7. The third-order valence-corrected chi connectivity index (χ3v) is 8.64. The number of piperidine rings is 1. The number of ether oxygens (including phenoxy) is 1. The van der Waals surface area contributed by atoms with Gasteiger partial charge in [0.25, 0.3) is 11.5 Å². The van der Waals surface area contributed by atoms with E-state index >= 15 is 0 Å². The van der Waals surface area contributed by atoms with Crippen molar-refractivity contribution in [3.05, 3.63) is 76.3 Å². The summed E-state index contributed by atoms with van der Waals surface area (Å²) >= 11 is 0. The Morgan fingerprint density at radius 3 is 2.49 bits per heavy atom. The molecule has 1 N–H and O–H groups in total. The van der Waals surface area contributed by atoms with Gasteiger partial charge >= 0.3 is 0 Å². The van der Waals surface area contributed by atoms with E-state index in [2.05, 4.69) is 15.2 Å². The molecule has 9 heteroatoms. The number of rotatable bonds is 10. The predicted molar refractivity (Wildman–Crippen MR) is 159 cm³/mol. The average Bonchev–Trinajstić information content (AvgIpc) is 3.18. The lowest BCUT2D eigenvalue weighted by atomic mass is 9.96. The summed E-state index contributed by atoms with van der Waals surface area (Å²) in [7, 11) is 1.70. The van der Waals surface area contributed by atoms with Crippen LogP contribution in [0.3, 0.4) is 0 Å². The van der Waals surface area contributed by atoms with Crippen LogP contribution in [0.25, 0.3) is 10.9 Å². The van der Waals surface area contributed by atoms with Gasteiger partial charge in [0.15, 0.2) is 0 Å².